The lowest BCUT2D eigenvalue weighted by Gasteiger charge is -2.11. The predicted molar refractivity (Wildman–Crippen MR) is 71.2 cm³/mol. The summed E-state index contributed by atoms with van der Waals surface area (Å²) >= 11 is 0. The quantitative estimate of drug-likeness (QED) is 0.319. The number of hydrogen-bond donors (Lipinski definition) is 0. The molecule has 0 aromatic heterocycles. The van der Waals surface area contributed by atoms with Crippen molar-refractivity contribution in [2.45, 2.75) is 78.6 Å². The van der Waals surface area contributed by atoms with Crippen LogP contribution in [0.15, 0.2) is 12.2 Å². The average Bonchev–Trinajstić information content (AvgIpc) is 2.27. The third kappa shape index (κ3) is 10.0. The Morgan fingerprint density at radius 2 is 1.67 bits per heavy atom. The third-order valence-electron chi connectivity index (χ3n) is 3.13. The smallest absolute Gasteiger partial charge is 0.0322 e. The Hall–Kier alpha value is -0.260. The summed E-state index contributed by atoms with van der Waals surface area (Å²) in [7, 11) is 0. The van der Waals surface area contributed by atoms with Gasteiger partial charge in [0, 0.05) is 0 Å². The highest BCUT2D eigenvalue weighted by Gasteiger charge is 2.03. The minimum atomic E-state index is 0.940. The molecule has 90 valence electrons. The highest BCUT2D eigenvalue weighted by atomic mass is 14.1. The van der Waals surface area contributed by atoms with Gasteiger partial charge < -0.3 is 0 Å². The van der Waals surface area contributed by atoms with Gasteiger partial charge in [-0.25, -0.2) is 0 Å². The van der Waals surface area contributed by atoms with E-state index in [1.54, 1.807) is 0 Å². The van der Waals surface area contributed by atoms with Crippen molar-refractivity contribution < 1.29 is 0 Å². The summed E-state index contributed by atoms with van der Waals surface area (Å²) in [5.41, 5.74) is 0. The standard InChI is InChI=1S/C15H30/c1-4-7-9-11-13-15(6-3)14-12-10-8-5-2/h9,11,15H,4-8,10,12-14H2,1-3H3. The molecule has 0 aromatic rings. The highest BCUT2D eigenvalue weighted by Crippen LogP contribution is 2.18. The van der Waals surface area contributed by atoms with Crippen LogP contribution in [0, 0.1) is 5.92 Å². The second kappa shape index (κ2) is 11.8. The molecule has 1 unspecified atom stereocenters. The molecule has 0 aliphatic heterocycles. The Morgan fingerprint density at radius 3 is 2.27 bits per heavy atom. The van der Waals surface area contributed by atoms with Crippen molar-refractivity contribution in [1.29, 1.82) is 0 Å². The molecule has 0 aliphatic carbocycles. The predicted octanol–water partition coefficient (Wildman–Crippen LogP) is 5.73. The van der Waals surface area contributed by atoms with Gasteiger partial charge in [-0.05, 0) is 18.8 Å². The monoisotopic (exact) mass is 210 g/mol. The Bertz CT molecular complexity index is 135. The lowest BCUT2D eigenvalue weighted by Crippen LogP contribution is -1.97. The van der Waals surface area contributed by atoms with Crippen molar-refractivity contribution in [3.63, 3.8) is 0 Å². The van der Waals surface area contributed by atoms with E-state index in [0.29, 0.717) is 0 Å². The van der Waals surface area contributed by atoms with Crippen LogP contribution in [0.4, 0.5) is 0 Å². The fourth-order valence-corrected chi connectivity index (χ4v) is 1.92. The molecule has 0 radical (unpaired) electrons. The van der Waals surface area contributed by atoms with E-state index < -0.39 is 0 Å². The van der Waals surface area contributed by atoms with Gasteiger partial charge >= 0.3 is 0 Å². The molecular formula is C15H30. The van der Waals surface area contributed by atoms with Crippen molar-refractivity contribution >= 4 is 0 Å². The van der Waals surface area contributed by atoms with Gasteiger partial charge in [0.25, 0.3) is 0 Å². The van der Waals surface area contributed by atoms with Crippen molar-refractivity contribution in [1.82, 2.24) is 0 Å². The zero-order chi connectivity index (χ0) is 11.4. The second-order valence-corrected chi connectivity index (χ2v) is 4.62. The minimum absolute atomic E-state index is 0.940. The zero-order valence-corrected chi connectivity index (χ0v) is 11.1. The van der Waals surface area contributed by atoms with E-state index in [2.05, 4.69) is 32.9 Å². The summed E-state index contributed by atoms with van der Waals surface area (Å²) < 4.78 is 0. The van der Waals surface area contributed by atoms with Crippen molar-refractivity contribution in [3.05, 3.63) is 12.2 Å². The van der Waals surface area contributed by atoms with Crippen molar-refractivity contribution in [3.8, 4) is 0 Å². The summed E-state index contributed by atoms with van der Waals surface area (Å²) in [6.07, 6.45) is 17.0. The molecule has 0 spiro atoms. The van der Waals surface area contributed by atoms with E-state index in [1.165, 1.54) is 57.8 Å². The second-order valence-electron chi connectivity index (χ2n) is 4.62. The number of unbranched alkanes of at least 4 members (excludes halogenated alkanes) is 4. The Balaban J connectivity index is 3.45. The van der Waals surface area contributed by atoms with Crippen LogP contribution < -0.4 is 0 Å². The van der Waals surface area contributed by atoms with E-state index in [4.69, 9.17) is 0 Å². The maximum Gasteiger partial charge on any atom is -0.0322 e. The fourth-order valence-electron chi connectivity index (χ4n) is 1.92. The molecule has 0 aromatic carbocycles. The molecule has 0 saturated carbocycles. The van der Waals surface area contributed by atoms with Gasteiger partial charge in [0.05, 0.1) is 0 Å². The Labute approximate surface area is 97.2 Å². The number of allylic oxidation sites excluding steroid dienone is 2. The molecule has 0 bridgehead atoms. The molecule has 0 heteroatoms. The molecule has 0 aliphatic rings. The minimum Gasteiger partial charge on any atom is -0.0885 e. The zero-order valence-electron chi connectivity index (χ0n) is 11.1. The molecule has 0 heterocycles. The van der Waals surface area contributed by atoms with Crippen LogP contribution in [0.3, 0.4) is 0 Å². The van der Waals surface area contributed by atoms with E-state index in [0.717, 1.165) is 5.92 Å². The van der Waals surface area contributed by atoms with Crippen LogP contribution in [0.2, 0.25) is 0 Å². The first-order valence-corrected chi connectivity index (χ1v) is 7.00. The maximum atomic E-state index is 2.40. The lowest BCUT2D eigenvalue weighted by atomic mass is 9.95. The summed E-state index contributed by atoms with van der Waals surface area (Å²) in [5, 5.41) is 0. The number of hydrogen-bond acceptors (Lipinski definition) is 0. The van der Waals surface area contributed by atoms with Gasteiger partial charge in [-0.2, -0.15) is 0 Å². The van der Waals surface area contributed by atoms with E-state index in [9.17, 15) is 0 Å². The van der Waals surface area contributed by atoms with Gasteiger partial charge in [-0.1, -0.05) is 77.9 Å². The van der Waals surface area contributed by atoms with Crippen LogP contribution in [0.5, 0.6) is 0 Å². The van der Waals surface area contributed by atoms with E-state index in [-0.39, 0.29) is 0 Å². The summed E-state index contributed by atoms with van der Waals surface area (Å²) in [5.74, 6) is 0.940. The lowest BCUT2D eigenvalue weighted by molar-refractivity contribution is 0.445. The fraction of sp³-hybridized carbons (Fsp3) is 0.867. The highest BCUT2D eigenvalue weighted by molar-refractivity contribution is 4.83. The van der Waals surface area contributed by atoms with Gasteiger partial charge in [0.2, 0.25) is 0 Å². The molecule has 1 atom stereocenters. The summed E-state index contributed by atoms with van der Waals surface area (Å²) in [6.45, 7) is 6.86. The van der Waals surface area contributed by atoms with Gasteiger partial charge in [-0.15, -0.1) is 0 Å². The topological polar surface area (TPSA) is 0 Å². The van der Waals surface area contributed by atoms with Gasteiger partial charge in [0.15, 0.2) is 0 Å². The third-order valence-corrected chi connectivity index (χ3v) is 3.13. The van der Waals surface area contributed by atoms with Crippen LogP contribution >= 0.6 is 0 Å². The first kappa shape index (κ1) is 14.7. The SMILES string of the molecule is CCCC=CCC(CC)CCCCCC. The first-order chi connectivity index (χ1) is 7.35. The molecule has 0 fully saturated rings. The Morgan fingerprint density at radius 1 is 0.867 bits per heavy atom. The molecule has 0 rings (SSSR count). The molecule has 0 nitrogen and oxygen atoms in total. The molecule has 0 N–H and O–H groups in total. The van der Waals surface area contributed by atoms with Crippen molar-refractivity contribution in [2.75, 3.05) is 0 Å². The van der Waals surface area contributed by atoms with Crippen LogP contribution in [-0.4, -0.2) is 0 Å². The summed E-state index contributed by atoms with van der Waals surface area (Å²) in [6, 6.07) is 0. The maximum absolute atomic E-state index is 2.40. The van der Waals surface area contributed by atoms with Gasteiger partial charge in [-0.3, -0.25) is 0 Å². The Kier molecular flexibility index (Phi) is 11.6. The van der Waals surface area contributed by atoms with Crippen LogP contribution in [0.25, 0.3) is 0 Å². The molecule has 0 saturated heterocycles. The molecular weight excluding hydrogens is 180 g/mol. The van der Waals surface area contributed by atoms with Crippen LogP contribution in [0.1, 0.15) is 78.6 Å². The van der Waals surface area contributed by atoms with Crippen LogP contribution in [-0.2, 0) is 0 Å². The van der Waals surface area contributed by atoms with E-state index in [1.807, 2.05) is 0 Å². The average molecular weight is 210 g/mol. The van der Waals surface area contributed by atoms with Gasteiger partial charge in [0.1, 0.15) is 0 Å². The van der Waals surface area contributed by atoms with E-state index >= 15 is 0 Å². The first-order valence-electron chi connectivity index (χ1n) is 7.00. The van der Waals surface area contributed by atoms with Crippen molar-refractivity contribution in [2.24, 2.45) is 5.92 Å². The normalized spacial score (nSPS) is 13.5. The largest absolute Gasteiger partial charge is 0.0885 e. The molecule has 0 amide bonds. The number of rotatable bonds is 10. The molecule has 15 heavy (non-hydrogen) atoms. The summed E-state index contributed by atoms with van der Waals surface area (Å²) in [4.78, 5) is 0.